The van der Waals surface area contributed by atoms with Crippen molar-refractivity contribution >= 4 is 30.7 Å². The Morgan fingerprint density at radius 2 is 2.11 bits per heavy atom. The summed E-state index contributed by atoms with van der Waals surface area (Å²) >= 11 is 0. The van der Waals surface area contributed by atoms with Gasteiger partial charge in [0.1, 0.15) is 5.56 Å². The zero-order valence-corrected chi connectivity index (χ0v) is 17.4. The number of likely N-dealkylation sites (tertiary alicyclic amines) is 1. The van der Waals surface area contributed by atoms with Crippen LogP contribution in [-0.4, -0.2) is 54.1 Å². The molecular weight excluding hydrogens is 387 g/mol. The lowest BCUT2D eigenvalue weighted by atomic mass is 9.84. The van der Waals surface area contributed by atoms with E-state index in [-0.39, 0.29) is 41.8 Å². The molecule has 0 saturated carbocycles. The first-order valence-electron chi connectivity index (χ1n) is 9.64. The largest absolute Gasteiger partial charge is 0.350 e. The SMILES string of the molecule is CCN1CCC[C@H]1CNC(=O)c1ccc2n(c1=O)C[C@@H]1CNC[C@H]2C1.Cl.Cl. The molecule has 152 valence electrons. The van der Waals surface area contributed by atoms with Crippen LogP contribution in [0.25, 0.3) is 0 Å². The van der Waals surface area contributed by atoms with Gasteiger partial charge in [-0.05, 0) is 56.9 Å². The lowest BCUT2D eigenvalue weighted by Crippen LogP contribution is -2.47. The Bertz CT molecular complexity index is 724. The zero-order chi connectivity index (χ0) is 17.4. The van der Waals surface area contributed by atoms with Crippen molar-refractivity contribution in [3.8, 4) is 0 Å². The Balaban J connectivity index is 0.00000131. The molecule has 27 heavy (non-hydrogen) atoms. The first-order valence-corrected chi connectivity index (χ1v) is 9.64. The molecule has 2 saturated heterocycles. The number of halogens is 2. The van der Waals surface area contributed by atoms with Crippen molar-refractivity contribution in [3.63, 3.8) is 0 Å². The third-order valence-electron chi connectivity index (χ3n) is 6.16. The Hall–Kier alpha value is -1.08. The first kappa shape index (κ1) is 22.2. The van der Waals surface area contributed by atoms with Gasteiger partial charge in [-0.15, -0.1) is 24.8 Å². The molecule has 0 aliphatic carbocycles. The topological polar surface area (TPSA) is 66.4 Å². The van der Waals surface area contributed by atoms with Crippen molar-refractivity contribution in [2.24, 2.45) is 5.92 Å². The second-order valence-electron chi connectivity index (χ2n) is 7.68. The summed E-state index contributed by atoms with van der Waals surface area (Å²) in [6, 6.07) is 4.11. The molecule has 8 heteroatoms. The van der Waals surface area contributed by atoms with Gasteiger partial charge < -0.3 is 15.2 Å². The number of aromatic nitrogens is 1. The van der Waals surface area contributed by atoms with E-state index in [9.17, 15) is 9.59 Å². The number of hydrogen-bond donors (Lipinski definition) is 2. The second kappa shape index (κ2) is 9.41. The van der Waals surface area contributed by atoms with Gasteiger partial charge in [0, 0.05) is 37.3 Å². The van der Waals surface area contributed by atoms with Crippen LogP contribution in [0.15, 0.2) is 16.9 Å². The monoisotopic (exact) mass is 416 g/mol. The smallest absolute Gasteiger partial charge is 0.263 e. The Morgan fingerprint density at radius 3 is 2.89 bits per heavy atom. The van der Waals surface area contributed by atoms with Gasteiger partial charge in [0.15, 0.2) is 0 Å². The van der Waals surface area contributed by atoms with Gasteiger partial charge in [0.2, 0.25) is 0 Å². The minimum atomic E-state index is -0.225. The highest BCUT2D eigenvalue weighted by Gasteiger charge is 2.32. The minimum absolute atomic E-state index is 0. The van der Waals surface area contributed by atoms with Crippen LogP contribution in [0, 0.1) is 5.92 Å². The molecule has 2 N–H and O–H groups in total. The van der Waals surface area contributed by atoms with Crippen molar-refractivity contribution in [1.82, 2.24) is 20.1 Å². The van der Waals surface area contributed by atoms with Crippen molar-refractivity contribution < 1.29 is 4.79 Å². The maximum absolute atomic E-state index is 12.9. The van der Waals surface area contributed by atoms with Crippen molar-refractivity contribution in [1.29, 1.82) is 0 Å². The number of pyridine rings is 1. The molecule has 4 heterocycles. The van der Waals surface area contributed by atoms with Crippen LogP contribution in [-0.2, 0) is 6.54 Å². The quantitative estimate of drug-likeness (QED) is 0.782. The third kappa shape index (κ3) is 4.34. The molecule has 3 aliphatic heterocycles. The normalized spacial score (nSPS) is 26.5. The molecular formula is C19H30Cl2N4O2. The average molecular weight is 417 g/mol. The predicted octanol–water partition coefficient (Wildman–Crippen LogP) is 1.61. The summed E-state index contributed by atoms with van der Waals surface area (Å²) in [6.45, 7) is 7.52. The Morgan fingerprint density at radius 1 is 1.30 bits per heavy atom. The van der Waals surface area contributed by atoms with E-state index in [4.69, 9.17) is 0 Å². The molecule has 1 aromatic heterocycles. The van der Waals surface area contributed by atoms with Gasteiger partial charge in [-0.1, -0.05) is 6.92 Å². The summed E-state index contributed by atoms with van der Waals surface area (Å²) in [4.78, 5) is 27.9. The third-order valence-corrected chi connectivity index (χ3v) is 6.16. The number of rotatable bonds is 4. The van der Waals surface area contributed by atoms with E-state index in [1.165, 1.54) is 6.42 Å². The fraction of sp³-hybridized carbons (Fsp3) is 0.684. The number of piperidine rings is 1. The standard InChI is InChI=1S/C19H28N4O2.2ClH/c1-2-22-7-3-4-15(22)11-21-18(24)16-5-6-17-14-8-13(9-20-10-14)12-23(17)19(16)25;;/h5-6,13-15,20H,2-4,7-12H2,1H3,(H,21,24);2*1H/t13-,14+,15-;;/m0../s1. The molecule has 1 amide bonds. The lowest BCUT2D eigenvalue weighted by Gasteiger charge is -2.37. The molecule has 0 spiro atoms. The van der Waals surface area contributed by atoms with Crippen molar-refractivity contribution in [2.45, 2.75) is 44.7 Å². The minimum Gasteiger partial charge on any atom is -0.350 e. The fourth-order valence-corrected chi connectivity index (χ4v) is 4.81. The van der Waals surface area contributed by atoms with Crippen LogP contribution in [0.3, 0.4) is 0 Å². The van der Waals surface area contributed by atoms with E-state index in [0.29, 0.717) is 24.4 Å². The number of likely N-dealkylation sites (N-methyl/N-ethyl adjacent to an activating group) is 1. The molecule has 3 atom stereocenters. The summed E-state index contributed by atoms with van der Waals surface area (Å²) in [5.74, 6) is 0.671. The van der Waals surface area contributed by atoms with Gasteiger partial charge in [0.25, 0.3) is 11.5 Å². The number of amides is 1. The van der Waals surface area contributed by atoms with Crippen LogP contribution >= 0.6 is 24.8 Å². The van der Waals surface area contributed by atoms with E-state index >= 15 is 0 Å². The summed E-state index contributed by atoms with van der Waals surface area (Å²) in [7, 11) is 0. The van der Waals surface area contributed by atoms with Gasteiger partial charge in [-0.2, -0.15) is 0 Å². The van der Waals surface area contributed by atoms with Crippen LogP contribution in [0.1, 0.15) is 48.2 Å². The lowest BCUT2D eigenvalue weighted by molar-refractivity contribution is 0.0938. The van der Waals surface area contributed by atoms with Gasteiger partial charge in [-0.25, -0.2) is 0 Å². The highest BCUT2D eigenvalue weighted by Crippen LogP contribution is 2.31. The van der Waals surface area contributed by atoms with Gasteiger partial charge in [0.05, 0.1) is 0 Å². The Kier molecular flexibility index (Phi) is 7.74. The van der Waals surface area contributed by atoms with E-state index in [2.05, 4.69) is 22.5 Å². The van der Waals surface area contributed by atoms with E-state index < -0.39 is 0 Å². The zero-order valence-electron chi connectivity index (χ0n) is 15.8. The van der Waals surface area contributed by atoms with Crippen LogP contribution < -0.4 is 16.2 Å². The molecule has 4 rings (SSSR count). The van der Waals surface area contributed by atoms with Crippen LogP contribution in [0.5, 0.6) is 0 Å². The second-order valence-corrected chi connectivity index (χ2v) is 7.68. The van der Waals surface area contributed by atoms with Crippen LogP contribution in [0.2, 0.25) is 0 Å². The number of fused-ring (bicyclic) bond motifs is 4. The molecule has 2 fully saturated rings. The van der Waals surface area contributed by atoms with Gasteiger partial charge in [-0.3, -0.25) is 14.5 Å². The fourth-order valence-electron chi connectivity index (χ4n) is 4.81. The number of carbonyl (C=O) groups excluding carboxylic acids is 1. The highest BCUT2D eigenvalue weighted by molar-refractivity contribution is 5.93. The molecule has 6 nitrogen and oxygen atoms in total. The molecule has 3 aliphatic rings. The predicted molar refractivity (Wildman–Crippen MR) is 112 cm³/mol. The molecule has 1 aromatic rings. The Labute approximate surface area is 172 Å². The molecule has 0 aromatic carbocycles. The van der Waals surface area contributed by atoms with Crippen LogP contribution in [0.4, 0.5) is 0 Å². The summed E-state index contributed by atoms with van der Waals surface area (Å²) in [6.07, 6.45) is 3.45. The summed E-state index contributed by atoms with van der Waals surface area (Å²) in [5.41, 5.74) is 1.25. The molecule has 0 unspecified atom stereocenters. The maximum atomic E-state index is 12.9. The highest BCUT2D eigenvalue weighted by atomic mass is 35.5. The maximum Gasteiger partial charge on any atom is 0.263 e. The number of carbonyl (C=O) groups is 1. The van der Waals surface area contributed by atoms with Crippen molar-refractivity contribution in [2.75, 3.05) is 32.7 Å². The van der Waals surface area contributed by atoms with Gasteiger partial charge >= 0.3 is 0 Å². The van der Waals surface area contributed by atoms with E-state index in [1.54, 1.807) is 6.07 Å². The van der Waals surface area contributed by atoms with E-state index in [0.717, 1.165) is 51.3 Å². The van der Waals surface area contributed by atoms with E-state index in [1.807, 2.05) is 10.6 Å². The summed E-state index contributed by atoms with van der Waals surface area (Å²) in [5, 5.41) is 6.44. The number of nitrogens with one attached hydrogen (secondary N) is 2. The molecule has 2 bridgehead atoms. The summed E-state index contributed by atoms with van der Waals surface area (Å²) < 4.78 is 1.85. The van der Waals surface area contributed by atoms with Crippen molar-refractivity contribution in [3.05, 3.63) is 33.7 Å². The number of hydrogen-bond acceptors (Lipinski definition) is 4. The average Bonchev–Trinajstić information content (AvgIpc) is 3.08. The molecule has 0 radical (unpaired) electrons. The first-order chi connectivity index (χ1) is 12.2. The number of nitrogens with zero attached hydrogens (tertiary/aromatic N) is 2.